The minimum Gasteiger partial charge on any atom is -0.368 e. The van der Waals surface area contributed by atoms with Gasteiger partial charge in [0.15, 0.2) is 0 Å². The van der Waals surface area contributed by atoms with Crippen LogP contribution in [0.5, 0.6) is 0 Å². The summed E-state index contributed by atoms with van der Waals surface area (Å²) < 4.78 is 0. The Morgan fingerprint density at radius 2 is 2.17 bits per heavy atom. The van der Waals surface area contributed by atoms with Gasteiger partial charge in [0, 0.05) is 29.3 Å². The molecule has 1 unspecified atom stereocenters. The summed E-state index contributed by atoms with van der Waals surface area (Å²) in [4.78, 5) is 2.52. The SMILES string of the molecule is CCCN(c1cc(Cl)ccc1CC(C)N)C1CC1. The van der Waals surface area contributed by atoms with Crippen LogP contribution in [0.25, 0.3) is 0 Å². The third kappa shape index (κ3) is 3.39. The number of hydrogen-bond donors (Lipinski definition) is 1. The molecule has 2 nitrogen and oxygen atoms in total. The van der Waals surface area contributed by atoms with E-state index in [-0.39, 0.29) is 6.04 Å². The smallest absolute Gasteiger partial charge is 0.0426 e. The highest BCUT2D eigenvalue weighted by atomic mass is 35.5. The molecule has 18 heavy (non-hydrogen) atoms. The third-order valence-corrected chi connectivity index (χ3v) is 3.59. The van der Waals surface area contributed by atoms with Gasteiger partial charge in [0.1, 0.15) is 0 Å². The molecule has 0 saturated heterocycles. The normalized spacial score (nSPS) is 16.7. The Morgan fingerprint density at radius 3 is 2.72 bits per heavy atom. The molecule has 2 rings (SSSR count). The molecule has 1 fully saturated rings. The first-order valence-corrected chi connectivity index (χ1v) is 7.30. The maximum atomic E-state index is 6.16. The molecule has 1 aromatic rings. The molecule has 0 amide bonds. The van der Waals surface area contributed by atoms with E-state index in [2.05, 4.69) is 30.9 Å². The van der Waals surface area contributed by atoms with Crippen LogP contribution in [-0.4, -0.2) is 18.6 Å². The average molecular weight is 267 g/mol. The zero-order valence-electron chi connectivity index (χ0n) is 11.3. The molecule has 100 valence electrons. The third-order valence-electron chi connectivity index (χ3n) is 3.35. The summed E-state index contributed by atoms with van der Waals surface area (Å²) in [6, 6.07) is 7.11. The molecule has 1 aromatic carbocycles. The molecule has 0 aromatic heterocycles. The van der Waals surface area contributed by atoms with E-state index in [4.69, 9.17) is 17.3 Å². The number of benzene rings is 1. The van der Waals surface area contributed by atoms with Crippen molar-refractivity contribution in [3.05, 3.63) is 28.8 Å². The number of hydrogen-bond acceptors (Lipinski definition) is 2. The van der Waals surface area contributed by atoms with E-state index in [9.17, 15) is 0 Å². The second kappa shape index (κ2) is 5.94. The Labute approximate surface area is 115 Å². The summed E-state index contributed by atoms with van der Waals surface area (Å²) in [5, 5.41) is 0.820. The first kappa shape index (κ1) is 13.7. The van der Waals surface area contributed by atoms with E-state index in [0.717, 1.165) is 24.0 Å². The number of anilines is 1. The van der Waals surface area contributed by atoms with Crippen LogP contribution in [-0.2, 0) is 6.42 Å². The zero-order chi connectivity index (χ0) is 13.1. The summed E-state index contributed by atoms with van der Waals surface area (Å²) >= 11 is 6.16. The summed E-state index contributed by atoms with van der Waals surface area (Å²) in [6.07, 6.45) is 4.70. The Hall–Kier alpha value is -0.730. The van der Waals surface area contributed by atoms with E-state index in [1.807, 2.05) is 6.07 Å². The van der Waals surface area contributed by atoms with Gasteiger partial charge in [-0.25, -0.2) is 0 Å². The fourth-order valence-electron chi connectivity index (χ4n) is 2.45. The maximum Gasteiger partial charge on any atom is 0.0426 e. The van der Waals surface area contributed by atoms with Crippen molar-refractivity contribution in [3.8, 4) is 0 Å². The van der Waals surface area contributed by atoms with Crippen molar-refractivity contribution >= 4 is 17.3 Å². The van der Waals surface area contributed by atoms with Crippen molar-refractivity contribution < 1.29 is 0 Å². The molecule has 0 spiro atoms. The molecule has 0 heterocycles. The van der Waals surface area contributed by atoms with E-state index >= 15 is 0 Å². The van der Waals surface area contributed by atoms with Crippen LogP contribution in [0.2, 0.25) is 5.02 Å². The molecule has 1 saturated carbocycles. The fourth-order valence-corrected chi connectivity index (χ4v) is 2.62. The van der Waals surface area contributed by atoms with Crippen molar-refractivity contribution in [1.82, 2.24) is 0 Å². The minimum atomic E-state index is 0.188. The van der Waals surface area contributed by atoms with E-state index in [1.54, 1.807) is 0 Å². The summed E-state index contributed by atoms with van der Waals surface area (Å²) in [7, 11) is 0. The van der Waals surface area contributed by atoms with Crippen LogP contribution >= 0.6 is 11.6 Å². The topological polar surface area (TPSA) is 29.3 Å². The Balaban J connectivity index is 2.29. The molecule has 0 radical (unpaired) electrons. The summed E-state index contributed by atoms with van der Waals surface area (Å²) in [5.74, 6) is 0. The molecule has 1 atom stereocenters. The Morgan fingerprint density at radius 1 is 1.44 bits per heavy atom. The van der Waals surface area contributed by atoms with E-state index < -0.39 is 0 Å². The first-order chi connectivity index (χ1) is 8.61. The molecule has 2 N–H and O–H groups in total. The minimum absolute atomic E-state index is 0.188. The predicted octanol–water partition coefficient (Wildman–Crippen LogP) is 3.61. The number of nitrogens with two attached hydrogens (primary N) is 1. The van der Waals surface area contributed by atoms with Gasteiger partial charge >= 0.3 is 0 Å². The standard InChI is InChI=1S/C15H23ClN2/c1-3-8-18(14-6-7-14)15-10-13(16)5-4-12(15)9-11(2)17/h4-5,10-11,14H,3,6-9,17H2,1-2H3. The largest absolute Gasteiger partial charge is 0.368 e. The van der Waals surface area contributed by atoms with Crippen molar-refractivity contribution in [3.63, 3.8) is 0 Å². The van der Waals surface area contributed by atoms with Crippen molar-refractivity contribution in [2.45, 2.75) is 51.6 Å². The van der Waals surface area contributed by atoms with Crippen LogP contribution in [0.4, 0.5) is 5.69 Å². The van der Waals surface area contributed by atoms with Gasteiger partial charge in [0.25, 0.3) is 0 Å². The van der Waals surface area contributed by atoms with Crippen molar-refractivity contribution in [2.75, 3.05) is 11.4 Å². The second-order valence-corrected chi connectivity index (χ2v) is 5.82. The van der Waals surface area contributed by atoms with Gasteiger partial charge in [0.2, 0.25) is 0 Å². The van der Waals surface area contributed by atoms with Gasteiger partial charge in [-0.3, -0.25) is 0 Å². The lowest BCUT2D eigenvalue weighted by atomic mass is 10.0. The van der Waals surface area contributed by atoms with Crippen molar-refractivity contribution in [1.29, 1.82) is 0 Å². The first-order valence-electron chi connectivity index (χ1n) is 6.92. The van der Waals surface area contributed by atoms with Crippen LogP contribution in [0.3, 0.4) is 0 Å². The van der Waals surface area contributed by atoms with Crippen LogP contribution < -0.4 is 10.6 Å². The maximum absolute atomic E-state index is 6.16. The molecular weight excluding hydrogens is 244 g/mol. The highest BCUT2D eigenvalue weighted by molar-refractivity contribution is 6.30. The second-order valence-electron chi connectivity index (χ2n) is 5.38. The molecule has 0 bridgehead atoms. The zero-order valence-corrected chi connectivity index (χ0v) is 12.1. The average Bonchev–Trinajstić information content (AvgIpc) is 3.12. The quantitative estimate of drug-likeness (QED) is 0.852. The van der Waals surface area contributed by atoms with Crippen LogP contribution in [0.1, 0.15) is 38.7 Å². The van der Waals surface area contributed by atoms with E-state index in [1.165, 1.54) is 30.5 Å². The van der Waals surface area contributed by atoms with Crippen LogP contribution in [0.15, 0.2) is 18.2 Å². The molecule has 3 heteroatoms. The number of halogens is 1. The fraction of sp³-hybridized carbons (Fsp3) is 0.600. The molecule has 0 aliphatic heterocycles. The highest BCUT2D eigenvalue weighted by Crippen LogP contribution is 2.35. The van der Waals surface area contributed by atoms with Gasteiger partial charge in [-0.1, -0.05) is 24.6 Å². The molecule has 1 aliphatic carbocycles. The number of rotatable bonds is 6. The van der Waals surface area contributed by atoms with E-state index in [0.29, 0.717) is 0 Å². The molecule has 1 aliphatic rings. The summed E-state index contributed by atoms with van der Waals surface area (Å²) in [6.45, 7) is 5.39. The predicted molar refractivity (Wildman–Crippen MR) is 79.5 cm³/mol. The van der Waals surface area contributed by atoms with Crippen molar-refractivity contribution in [2.24, 2.45) is 5.73 Å². The van der Waals surface area contributed by atoms with Gasteiger partial charge in [0.05, 0.1) is 0 Å². The Kier molecular flexibility index (Phi) is 4.52. The van der Waals surface area contributed by atoms with Gasteiger partial charge in [-0.15, -0.1) is 0 Å². The lowest BCUT2D eigenvalue weighted by Gasteiger charge is -2.27. The number of nitrogens with zero attached hydrogens (tertiary/aromatic N) is 1. The van der Waals surface area contributed by atoms with Crippen LogP contribution in [0, 0.1) is 0 Å². The Bertz CT molecular complexity index is 399. The van der Waals surface area contributed by atoms with Gasteiger partial charge < -0.3 is 10.6 Å². The molecular formula is C15H23ClN2. The monoisotopic (exact) mass is 266 g/mol. The van der Waals surface area contributed by atoms with Gasteiger partial charge in [-0.05, 0) is 50.3 Å². The van der Waals surface area contributed by atoms with Gasteiger partial charge in [-0.2, -0.15) is 0 Å². The highest BCUT2D eigenvalue weighted by Gasteiger charge is 2.29. The lowest BCUT2D eigenvalue weighted by molar-refractivity contribution is 0.719. The summed E-state index contributed by atoms with van der Waals surface area (Å²) in [5.41, 5.74) is 8.57. The lowest BCUT2D eigenvalue weighted by Crippen LogP contribution is -2.28.